The van der Waals surface area contributed by atoms with Crippen LogP contribution in [0, 0.1) is 0 Å². The molecule has 0 fully saturated rings. The molecule has 0 amide bonds. The summed E-state index contributed by atoms with van der Waals surface area (Å²) in [5.41, 5.74) is 0. The van der Waals surface area contributed by atoms with Gasteiger partial charge in [-0.2, -0.15) is 0 Å². The van der Waals surface area contributed by atoms with Gasteiger partial charge in [-0.25, -0.2) is 4.79 Å². The molecule has 0 spiro atoms. The first-order valence-corrected chi connectivity index (χ1v) is 0.651. The van der Waals surface area contributed by atoms with E-state index in [0.717, 1.165) is 0 Å². The minimum absolute atomic E-state index is 0. The Morgan fingerprint density at radius 3 is 0.889 bits per heavy atom. The van der Waals surface area contributed by atoms with E-state index in [1.807, 2.05) is 0 Å². The summed E-state index contributed by atoms with van der Waals surface area (Å²) in [5, 5.41) is 13.9. The summed E-state index contributed by atoms with van der Waals surface area (Å²) in [7, 11) is 0. The van der Waals surface area contributed by atoms with Crippen molar-refractivity contribution in [3.63, 3.8) is 0 Å². The van der Waals surface area contributed by atoms with Crippen molar-refractivity contribution in [1.82, 2.24) is 0 Å². The molecule has 0 aliphatic heterocycles. The third-order valence-electron chi connectivity index (χ3n) is 0. The van der Waals surface area contributed by atoms with E-state index in [9.17, 15) is 0 Å². The van der Waals surface area contributed by atoms with Gasteiger partial charge < -0.3 is 26.6 Å². The second-order valence-corrected chi connectivity index (χ2v) is 0.283. The average molecular weight is 176 g/mol. The van der Waals surface area contributed by atoms with Crippen LogP contribution in [0.2, 0.25) is 0 Å². The molecule has 0 bridgehead atoms. The van der Waals surface area contributed by atoms with Crippen LogP contribution in [0.15, 0.2) is 0 Å². The molecule has 8 heteroatoms. The Balaban J connectivity index is -0.00000000450. The maximum Gasteiger partial charge on any atom is 0.503 e. The number of carboxylic acid groups (broad SMARTS) is 2. The highest BCUT2D eigenvalue weighted by molar-refractivity contribution is 5.76. The zero-order valence-electron chi connectivity index (χ0n) is 3.30. The Morgan fingerprint density at radius 2 is 0.889 bits per heavy atom. The Labute approximate surface area is 72.7 Å². The Morgan fingerprint density at radius 1 is 0.889 bits per heavy atom. The molecule has 0 rings (SSSR count). The van der Waals surface area contributed by atoms with Crippen LogP contribution in [0.25, 0.3) is 0 Å². The summed E-state index contributed by atoms with van der Waals surface area (Å²) in [6.45, 7) is 0. The van der Waals surface area contributed by atoms with E-state index < -0.39 is 6.16 Å². The van der Waals surface area contributed by atoms with E-state index in [1.54, 1.807) is 0 Å². The van der Waals surface area contributed by atoms with Gasteiger partial charge in [-0.3, -0.25) is 0 Å². The summed E-state index contributed by atoms with van der Waals surface area (Å²) in [6.07, 6.45) is -1.83. The fourth-order valence-corrected chi connectivity index (χ4v) is 0. The Kier molecular flexibility index (Phi) is 277. The van der Waals surface area contributed by atoms with Gasteiger partial charge in [0.1, 0.15) is 0 Å². The number of hydrogen-bond donors (Lipinski definition) is 2. The first-order valence-electron chi connectivity index (χ1n) is 0.651. The first-order chi connectivity index (χ1) is 1.73. The summed E-state index contributed by atoms with van der Waals surface area (Å²) in [4.78, 5) is 8.56. The number of rotatable bonds is 0. The maximum atomic E-state index is 8.56. The second-order valence-electron chi connectivity index (χ2n) is 0.283. The van der Waals surface area contributed by atoms with Crippen molar-refractivity contribution in [3.8, 4) is 0 Å². The lowest BCUT2D eigenvalue weighted by Crippen LogP contribution is -1.81. The van der Waals surface area contributed by atoms with E-state index in [0.29, 0.717) is 0 Å². The molecule has 0 saturated carbocycles. The standard InChI is InChI=1S/CH2O3.2Al.3H2O.6H/c2-1(3)4;;;;;;;;;;;/h(H2,2,3,4);;;3*1H2;;;;;;. The fourth-order valence-electron chi connectivity index (χ4n) is 0. The van der Waals surface area contributed by atoms with E-state index in [4.69, 9.17) is 15.0 Å². The molecule has 0 aromatic carbocycles. The SMILES string of the molecule is O.O.O.O=C(O)O.[AlH3].[AlH3]. The third kappa shape index (κ3) is 6870. The van der Waals surface area contributed by atoms with E-state index >= 15 is 0 Å². The van der Waals surface area contributed by atoms with Crippen molar-refractivity contribution in [1.29, 1.82) is 0 Å². The van der Waals surface area contributed by atoms with Crippen molar-refractivity contribution in [2.45, 2.75) is 0 Å². The summed E-state index contributed by atoms with van der Waals surface area (Å²) in [5.74, 6) is 0. The van der Waals surface area contributed by atoms with Crippen LogP contribution < -0.4 is 0 Å². The topological polar surface area (TPSA) is 152 Å². The molecule has 9 heavy (non-hydrogen) atoms. The van der Waals surface area contributed by atoms with Crippen LogP contribution in [0.4, 0.5) is 4.79 Å². The van der Waals surface area contributed by atoms with Crippen molar-refractivity contribution in [3.05, 3.63) is 0 Å². The Hall–Kier alpha value is 0.215. The lowest BCUT2D eigenvalue weighted by atomic mass is 11.5. The minimum atomic E-state index is -1.83. The van der Waals surface area contributed by atoms with Gasteiger partial charge in [0.2, 0.25) is 0 Å². The van der Waals surface area contributed by atoms with Gasteiger partial charge in [0, 0.05) is 0 Å². The normalized spacial score (nSPS) is 2.67. The predicted octanol–water partition coefficient (Wildman–Crippen LogP) is -4.62. The van der Waals surface area contributed by atoms with Gasteiger partial charge >= 0.3 is 6.16 Å². The predicted molar refractivity (Wildman–Crippen MR) is 41.4 cm³/mol. The van der Waals surface area contributed by atoms with E-state index in [1.165, 1.54) is 0 Å². The fraction of sp³-hybridized carbons (Fsp3) is 0. The van der Waals surface area contributed by atoms with Crippen molar-refractivity contribution < 1.29 is 31.4 Å². The highest BCUT2D eigenvalue weighted by Crippen LogP contribution is 1.42. The monoisotopic (exact) mass is 176 g/mol. The van der Waals surface area contributed by atoms with Crippen LogP contribution >= 0.6 is 0 Å². The molecule has 0 heterocycles. The number of hydrogen-bond acceptors (Lipinski definition) is 1. The largest absolute Gasteiger partial charge is 0.503 e. The maximum absolute atomic E-state index is 8.56. The summed E-state index contributed by atoms with van der Waals surface area (Å²) in [6, 6.07) is 0. The zero-order chi connectivity index (χ0) is 3.58. The van der Waals surface area contributed by atoms with Crippen LogP contribution in [0.5, 0.6) is 0 Å². The molecular weight excluding hydrogens is 162 g/mol. The summed E-state index contributed by atoms with van der Waals surface area (Å²) < 4.78 is 0. The van der Waals surface area contributed by atoms with Gasteiger partial charge in [0.15, 0.2) is 34.7 Å². The van der Waals surface area contributed by atoms with Gasteiger partial charge in [0.25, 0.3) is 0 Å². The molecule has 0 atom stereocenters. The lowest BCUT2D eigenvalue weighted by molar-refractivity contribution is 0.137. The van der Waals surface area contributed by atoms with Crippen LogP contribution in [0.1, 0.15) is 0 Å². The van der Waals surface area contributed by atoms with Crippen molar-refractivity contribution in [2.24, 2.45) is 0 Å². The quantitative estimate of drug-likeness (QED) is 0.357. The van der Waals surface area contributed by atoms with Crippen LogP contribution in [-0.2, 0) is 0 Å². The zero-order valence-corrected chi connectivity index (χ0v) is 3.30. The molecular formula is CH14Al2O6. The number of carbonyl (C=O) groups is 1. The van der Waals surface area contributed by atoms with Crippen molar-refractivity contribution >= 4 is 40.9 Å². The molecule has 0 aliphatic rings. The second kappa shape index (κ2) is 41.4. The third-order valence-corrected chi connectivity index (χ3v) is 0. The molecule has 8 N–H and O–H groups in total. The molecule has 0 radical (unpaired) electrons. The van der Waals surface area contributed by atoms with Gasteiger partial charge in [-0.15, -0.1) is 0 Å². The van der Waals surface area contributed by atoms with E-state index in [2.05, 4.69) is 0 Å². The minimum Gasteiger partial charge on any atom is -0.450 e. The molecule has 0 saturated heterocycles. The first kappa shape index (κ1) is 60.2. The molecule has 0 aromatic heterocycles. The van der Waals surface area contributed by atoms with Gasteiger partial charge in [0.05, 0.1) is 0 Å². The highest BCUT2D eigenvalue weighted by Gasteiger charge is 1.70. The van der Waals surface area contributed by atoms with Crippen LogP contribution in [0.3, 0.4) is 0 Å². The highest BCUT2D eigenvalue weighted by atomic mass is 27.0. The average Bonchev–Trinajstić information content (AvgIpc) is 0.811. The molecule has 0 aromatic rings. The van der Waals surface area contributed by atoms with E-state index in [-0.39, 0.29) is 51.2 Å². The van der Waals surface area contributed by atoms with Crippen LogP contribution in [-0.4, -0.2) is 67.5 Å². The molecule has 6 nitrogen and oxygen atoms in total. The molecule has 60 valence electrons. The van der Waals surface area contributed by atoms with Crippen molar-refractivity contribution in [2.75, 3.05) is 0 Å². The summed E-state index contributed by atoms with van der Waals surface area (Å²) >= 11 is 0. The van der Waals surface area contributed by atoms with Gasteiger partial charge in [-0.1, -0.05) is 0 Å². The smallest absolute Gasteiger partial charge is 0.450 e. The molecule has 0 aliphatic carbocycles. The van der Waals surface area contributed by atoms with Gasteiger partial charge in [-0.05, 0) is 0 Å². The molecule has 0 unspecified atom stereocenters. The lowest BCUT2D eigenvalue weighted by Gasteiger charge is -1.60. The Bertz CT molecular complexity index is 34.0.